The molecule has 156 valence electrons. The Labute approximate surface area is 185 Å². The van der Waals surface area contributed by atoms with Crippen molar-refractivity contribution in [3.8, 4) is 27.7 Å². The van der Waals surface area contributed by atoms with E-state index >= 15 is 0 Å². The molecule has 1 amide bonds. The van der Waals surface area contributed by atoms with Gasteiger partial charge in [-0.15, -0.1) is 11.3 Å². The maximum atomic E-state index is 12.4. The van der Waals surface area contributed by atoms with Gasteiger partial charge >= 0.3 is 0 Å². The van der Waals surface area contributed by atoms with E-state index in [1.54, 1.807) is 17.5 Å². The minimum absolute atomic E-state index is 0.0471. The van der Waals surface area contributed by atoms with Crippen LogP contribution >= 0.6 is 11.3 Å². The third-order valence-corrected chi connectivity index (χ3v) is 5.82. The summed E-state index contributed by atoms with van der Waals surface area (Å²) in [5.41, 5.74) is 6.65. The highest BCUT2D eigenvalue weighted by Gasteiger charge is 2.10. The first kappa shape index (κ1) is 20.8. The molecule has 0 radical (unpaired) electrons. The predicted molar refractivity (Wildman–Crippen MR) is 126 cm³/mol. The van der Waals surface area contributed by atoms with Crippen molar-refractivity contribution in [1.82, 2.24) is 9.97 Å². The summed E-state index contributed by atoms with van der Waals surface area (Å²) in [6, 6.07) is 17.5. The topological polar surface area (TPSA) is 64.1 Å². The molecule has 31 heavy (non-hydrogen) atoms. The van der Waals surface area contributed by atoms with E-state index in [0.29, 0.717) is 5.69 Å². The fourth-order valence-corrected chi connectivity index (χ4v) is 4.07. The lowest BCUT2D eigenvalue weighted by Gasteiger charge is -2.12. The van der Waals surface area contributed by atoms with Crippen LogP contribution in [0.2, 0.25) is 0 Å². The second-order valence-electron chi connectivity index (χ2n) is 7.38. The lowest BCUT2D eigenvalue weighted by atomic mass is 10.1. The van der Waals surface area contributed by atoms with Crippen molar-refractivity contribution in [2.45, 2.75) is 20.8 Å². The number of ether oxygens (including phenoxy) is 1. The molecule has 4 aromatic rings. The highest BCUT2D eigenvalue weighted by molar-refractivity contribution is 7.13. The predicted octanol–water partition coefficient (Wildman–Crippen LogP) is 5.81. The van der Waals surface area contributed by atoms with Crippen LogP contribution in [0.15, 0.2) is 66.2 Å². The summed E-state index contributed by atoms with van der Waals surface area (Å²) in [4.78, 5) is 21.5. The Kier molecular flexibility index (Phi) is 6.09. The van der Waals surface area contributed by atoms with Crippen molar-refractivity contribution in [3.05, 3.63) is 82.9 Å². The van der Waals surface area contributed by atoms with Gasteiger partial charge in [-0.1, -0.05) is 24.3 Å². The second-order valence-corrected chi connectivity index (χ2v) is 8.23. The first-order chi connectivity index (χ1) is 15.0. The number of aryl methyl sites for hydroxylation is 2. The van der Waals surface area contributed by atoms with Crippen molar-refractivity contribution in [2.75, 3.05) is 11.9 Å². The van der Waals surface area contributed by atoms with Gasteiger partial charge in [-0.2, -0.15) is 0 Å². The fourth-order valence-electron chi connectivity index (χ4n) is 3.26. The molecule has 0 spiro atoms. The van der Waals surface area contributed by atoms with Crippen molar-refractivity contribution < 1.29 is 9.53 Å². The van der Waals surface area contributed by atoms with E-state index in [4.69, 9.17) is 9.72 Å². The highest BCUT2D eigenvalue weighted by Crippen LogP contribution is 2.29. The Morgan fingerprint density at radius 2 is 1.90 bits per heavy atom. The van der Waals surface area contributed by atoms with Crippen molar-refractivity contribution in [3.63, 3.8) is 0 Å². The van der Waals surface area contributed by atoms with Gasteiger partial charge in [0.1, 0.15) is 10.8 Å². The average molecular weight is 430 g/mol. The molecule has 6 heteroatoms. The number of carbonyl (C=O) groups is 1. The number of carbonyl (C=O) groups excluding carboxylic acids is 1. The molecule has 4 rings (SSSR count). The normalized spacial score (nSPS) is 10.7. The van der Waals surface area contributed by atoms with Gasteiger partial charge in [0.15, 0.2) is 6.61 Å². The van der Waals surface area contributed by atoms with Gasteiger partial charge in [0.2, 0.25) is 0 Å². The van der Waals surface area contributed by atoms with Crippen molar-refractivity contribution in [2.24, 2.45) is 0 Å². The summed E-state index contributed by atoms with van der Waals surface area (Å²) in [7, 11) is 0. The molecule has 0 bridgehead atoms. The summed E-state index contributed by atoms with van der Waals surface area (Å²) >= 11 is 1.55. The Bertz CT molecular complexity index is 1220. The van der Waals surface area contributed by atoms with Gasteiger partial charge in [0.05, 0.1) is 11.4 Å². The number of rotatable bonds is 6. The lowest BCUT2D eigenvalue weighted by molar-refractivity contribution is -0.118. The first-order valence-corrected chi connectivity index (χ1v) is 10.9. The number of amides is 1. The molecule has 0 saturated heterocycles. The molecule has 5 nitrogen and oxygen atoms in total. The molecule has 1 N–H and O–H groups in total. The van der Waals surface area contributed by atoms with Crippen LogP contribution in [0.1, 0.15) is 16.7 Å². The zero-order chi connectivity index (χ0) is 21.8. The molecular weight excluding hydrogens is 406 g/mol. The maximum absolute atomic E-state index is 12.4. The third kappa shape index (κ3) is 4.98. The van der Waals surface area contributed by atoms with Gasteiger partial charge in [-0.05, 0) is 67.8 Å². The number of pyridine rings is 1. The summed E-state index contributed by atoms with van der Waals surface area (Å²) in [5, 5.41) is 5.77. The van der Waals surface area contributed by atoms with Gasteiger partial charge in [0, 0.05) is 22.8 Å². The molecule has 0 aliphatic rings. The number of nitrogens with one attached hydrogen (secondary N) is 1. The van der Waals surface area contributed by atoms with Crippen LogP contribution in [0.5, 0.6) is 5.75 Å². The summed E-state index contributed by atoms with van der Waals surface area (Å²) < 4.78 is 5.77. The molecule has 0 fully saturated rings. The number of thiazole rings is 1. The smallest absolute Gasteiger partial charge is 0.262 e. The fraction of sp³-hybridized carbons (Fsp3) is 0.160. The van der Waals surface area contributed by atoms with Crippen LogP contribution < -0.4 is 10.1 Å². The summed E-state index contributed by atoms with van der Waals surface area (Å²) in [6.07, 6.45) is 1.76. The Morgan fingerprint density at radius 1 is 1.03 bits per heavy atom. The molecule has 2 aromatic heterocycles. The minimum Gasteiger partial charge on any atom is -0.483 e. The average Bonchev–Trinajstić information content (AvgIpc) is 3.26. The van der Waals surface area contributed by atoms with E-state index in [0.717, 1.165) is 44.4 Å². The Hall–Kier alpha value is -3.51. The number of aromatic nitrogens is 2. The van der Waals surface area contributed by atoms with E-state index in [-0.39, 0.29) is 12.5 Å². The van der Waals surface area contributed by atoms with Crippen LogP contribution in [0, 0.1) is 20.8 Å². The SMILES string of the molecule is Cc1cc(C)c(C)c(OCC(=O)Nc2cccc(-c3csc(-c4ccccn4)n3)c2)c1. The van der Waals surface area contributed by atoms with Gasteiger partial charge in [-0.3, -0.25) is 9.78 Å². The first-order valence-electron chi connectivity index (χ1n) is 9.97. The molecule has 0 atom stereocenters. The maximum Gasteiger partial charge on any atom is 0.262 e. The molecular formula is C25H23N3O2S. The van der Waals surface area contributed by atoms with Crippen LogP contribution in [-0.4, -0.2) is 22.5 Å². The van der Waals surface area contributed by atoms with Crippen LogP contribution in [0.4, 0.5) is 5.69 Å². The highest BCUT2D eigenvalue weighted by atomic mass is 32.1. The van der Waals surface area contributed by atoms with Crippen LogP contribution in [-0.2, 0) is 4.79 Å². The molecule has 0 aliphatic heterocycles. The standard InChI is InChI=1S/C25H23N3O2S/c1-16-11-17(2)18(3)23(12-16)30-14-24(29)27-20-8-6-7-19(13-20)22-15-31-25(28-22)21-9-4-5-10-26-21/h4-13,15H,14H2,1-3H3,(H,27,29). The number of anilines is 1. The van der Waals surface area contributed by atoms with Crippen molar-refractivity contribution >= 4 is 22.9 Å². The van der Waals surface area contributed by atoms with E-state index in [2.05, 4.69) is 16.4 Å². The van der Waals surface area contributed by atoms with Gasteiger partial charge in [-0.25, -0.2) is 4.98 Å². The minimum atomic E-state index is -0.205. The van der Waals surface area contributed by atoms with E-state index in [1.165, 1.54) is 0 Å². The van der Waals surface area contributed by atoms with Gasteiger partial charge in [0.25, 0.3) is 5.91 Å². The lowest BCUT2D eigenvalue weighted by Crippen LogP contribution is -2.20. The van der Waals surface area contributed by atoms with E-state index < -0.39 is 0 Å². The van der Waals surface area contributed by atoms with Crippen LogP contribution in [0.25, 0.3) is 22.0 Å². The summed E-state index contributed by atoms with van der Waals surface area (Å²) in [6.45, 7) is 6.01. The molecule has 2 heterocycles. The van der Waals surface area contributed by atoms with Crippen molar-refractivity contribution in [1.29, 1.82) is 0 Å². The molecule has 0 aliphatic carbocycles. The van der Waals surface area contributed by atoms with Gasteiger partial charge < -0.3 is 10.1 Å². The monoisotopic (exact) mass is 429 g/mol. The quantitative estimate of drug-likeness (QED) is 0.420. The summed E-state index contributed by atoms with van der Waals surface area (Å²) in [5.74, 6) is 0.536. The molecule has 0 saturated carbocycles. The van der Waals surface area contributed by atoms with Crippen LogP contribution in [0.3, 0.4) is 0 Å². The second kappa shape index (κ2) is 9.10. The number of hydrogen-bond donors (Lipinski definition) is 1. The largest absolute Gasteiger partial charge is 0.483 e. The van der Waals surface area contributed by atoms with E-state index in [9.17, 15) is 4.79 Å². The number of nitrogens with zero attached hydrogens (tertiary/aromatic N) is 2. The Balaban J connectivity index is 1.43. The zero-order valence-corrected chi connectivity index (χ0v) is 18.5. The van der Waals surface area contributed by atoms with E-state index in [1.807, 2.05) is 74.7 Å². The molecule has 2 aromatic carbocycles. The third-order valence-electron chi connectivity index (χ3n) is 4.95. The number of benzene rings is 2. The molecule has 0 unspecified atom stereocenters. The zero-order valence-electron chi connectivity index (χ0n) is 17.7. The number of hydrogen-bond acceptors (Lipinski definition) is 5. The Morgan fingerprint density at radius 3 is 2.71 bits per heavy atom.